The van der Waals surface area contributed by atoms with Crippen molar-refractivity contribution in [2.45, 2.75) is 51.4 Å². The molecule has 1 unspecified atom stereocenters. The van der Waals surface area contributed by atoms with E-state index in [1.165, 1.54) is 12.1 Å². The molecule has 2 atom stereocenters. The normalized spacial score (nSPS) is 22.5. The number of aliphatic hydroxyl groups is 3. The molecule has 2 aromatic carbocycles. The van der Waals surface area contributed by atoms with E-state index in [2.05, 4.69) is 35.9 Å². The molecule has 1 saturated heterocycles. The molecule has 0 saturated carbocycles. The second kappa shape index (κ2) is 11.2. The monoisotopic (exact) mass is 532 g/mol. The van der Waals surface area contributed by atoms with E-state index in [1.54, 1.807) is 18.3 Å². The van der Waals surface area contributed by atoms with Crippen LogP contribution in [0.25, 0.3) is 5.57 Å². The number of halogens is 1. The number of pyridine rings is 1. The predicted molar refractivity (Wildman–Crippen MR) is 149 cm³/mol. The molecule has 0 spiro atoms. The second-order valence-electron chi connectivity index (χ2n) is 11.3. The molecule has 3 aromatic rings. The van der Waals surface area contributed by atoms with E-state index in [4.69, 9.17) is 4.74 Å². The summed E-state index contributed by atoms with van der Waals surface area (Å²) >= 11 is 0. The maximum absolute atomic E-state index is 13.5. The quantitative estimate of drug-likeness (QED) is 0.417. The van der Waals surface area contributed by atoms with Crippen molar-refractivity contribution in [3.05, 3.63) is 101 Å². The molecule has 0 radical (unpaired) electrons. The zero-order valence-corrected chi connectivity index (χ0v) is 22.6. The number of aromatic nitrogens is 1. The first kappa shape index (κ1) is 27.5. The molecule has 5 rings (SSSR count). The van der Waals surface area contributed by atoms with E-state index >= 15 is 0 Å². The lowest BCUT2D eigenvalue weighted by Crippen LogP contribution is -2.55. The fraction of sp³-hybridized carbons (Fsp3) is 0.406. The lowest BCUT2D eigenvalue weighted by Gasteiger charge is -2.50. The molecule has 7 heteroatoms. The molecule has 39 heavy (non-hydrogen) atoms. The van der Waals surface area contributed by atoms with Gasteiger partial charge in [0, 0.05) is 48.8 Å². The van der Waals surface area contributed by atoms with Crippen LogP contribution in [0.4, 0.5) is 4.39 Å². The van der Waals surface area contributed by atoms with Crippen molar-refractivity contribution >= 4 is 5.57 Å². The summed E-state index contributed by atoms with van der Waals surface area (Å²) in [6.45, 7) is 6.51. The lowest BCUT2D eigenvalue weighted by atomic mass is 9.66. The number of aliphatic hydroxyl groups excluding tert-OH is 2. The zero-order chi connectivity index (χ0) is 27.6. The van der Waals surface area contributed by atoms with Gasteiger partial charge in [0.05, 0.1) is 24.0 Å². The van der Waals surface area contributed by atoms with Crippen molar-refractivity contribution in [2.75, 3.05) is 26.2 Å². The smallest absolute Gasteiger partial charge is 0.131 e. The molecule has 1 aromatic heterocycles. The van der Waals surface area contributed by atoms with Gasteiger partial charge in [0.1, 0.15) is 18.2 Å². The highest BCUT2D eigenvalue weighted by Gasteiger charge is 2.48. The van der Waals surface area contributed by atoms with E-state index in [0.29, 0.717) is 26.0 Å². The molecule has 0 bridgehead atoms. The SMILES string of the molecule is CC1(C)CN(CC/C=C2/c3cc(CC(O)CO)ccc3OCc3ncccc32)CC[C@]1(O)c1ccc(F)cc1. The minimum atomic E-state index is -1.02. The minimum absolute atomic E-state index is 0.286. The second-order valence-corrected chi connectivity index (χ2v) is 11.3. The first-order chi connectivity index (χ1) is 18.7. The number of benzene rings is 2. The highest BCUT2D eigenvalue weighted by atomic mass is 19.1. The van der Waals surface area contributed by atoms with Crippen LogP contribution in [0.1, 0.15) is 54.6 Å². The van der Waals surface area contributed by atoms with Crippen LogP contribution in [0.5, 0.6) is 5.75 Å². The number of rotatable bonds is 7. The molecule has 0 amide bonds. The molecular weight excluding hydrogens is 495 g/mol. The molecule has 6 nitrogen and oxygen atoms in total. The van der Waals surface area contributed by atoms with Crippen LogP contribution < -0.4 is 4.74 Å². The summed E-state index contributed by atoms with van der Waals surface area (Å²) in [6, 6.07) is 16.1. The van der Waals surface area contributed by atoms with E-state index < -0.39 is 17.1 Å². The molecule has 2 aliphatic rings. The molecule has 3 heterocycles. The molecule has 0 aliphatic carbocycles. The van der Waals surface area contributed by atoms with Gasteiger partial charge in [-0.1, -0.05) is 44.2 Å². The molecular formula is C32H37FN2O4. The summed E-state index contributed by atoms with van der Waals surface area (Å²) in [4.78, 5) is 6.94. The zero-order valence-electron chi connectivity index (χ0n) is 22.6. The summed E-state index contributed by atoms with van der Waals surface area (Å²) in [5.74, 6) is 0.467. The highest BCUT2D eigenvalue weighted by Crippen LogP contribution is 2.46. The molecule has 3 N–H and O–H groups in total. The van der Waals surface area contributed by atoms with Crippen molar-refractivity contribution in [3.63, 3.8) is 0 Å². The molecule has 206 valence electrons. The summed E-state index contributed by atoms with van der Waals surface area (Å²) in [5, 5.41) is 31.0. The van der Waals surface area contributed by atoms with Gasteiger partial charge in [0.25, 0.3) is 0 Å². The van der Waals surface area contributed by atoms with Gasteiger partial charge in [0.2, 0.25) is 0 Å². The van der Waals surface area contributed by atoms with Crippen LogP contribution in [0, 0.1) is 11.2 Å². The lowest BCUT2D eigenvalue weighted by molar-refractivity contribution is -0.125. The van der Waals surface area contributed by atoms with Crippen molar-refractivity contribution in [2.24, 2.45) is 5.41 Å². The highest BCUT2D eigenvalue weighted by molar-refractivity contribution is 5.84. The maximum atomic E-state index is 13.5. The Labute approximate surface area is 229 Å². The fourth-order valence-corrected chi connectivity index (χ4v) is 5.96. The average molecular weight is 533 g/mol. The van der Waals surface area contributed by atoms with E-state index in [0.717, 1.165) is 58.8 Å². The first-order valence-electron chi connectivity index (χ1n) is 13.6. The van der Waals surface area contributed by atoms with Gasteiger partial charge in [-0.2, -0.15) is 0 Å². The topological polar surface area (TPSA) is 86.1 Å². The predicted octanol–water partition coefficient (Wildman–Crippen LogP) is 4.45. The third-order valence-corrected chi connectivity index (χ3v) is 8.20. The summed E-state index contributed by atoms with van der Waals surface area (Å²) in [7, 11) is 0. The van der Waals surface area contributed by atoms with Gasteiger partial charge >= 0.3 is 0 Å². The minimum Gasteiger partial charge on any atom is -0.487 e. The first-order valence-corrected chi connectivity index (χ1v) is 13.6. The van der Waals surface area contributed by atoms with Gasteiger partial charge < -0.3 is 25.0 Å². The number of likely N-dealkylation sites (tertiary alicyclic amines) is 1. The van der Waals surface area contributed by atoms with E-state index in [1.807, 2.05) is 24.3 Å². The Morgan fingerprint density at radius 3 is 2.67 bits per heavy atom. The number of hydrogen-bond acceptors (Lipinski definition) is 6. The van der Waals surface area contributed by atoms with Crippen LogP contribution in [0.3, 0.4) is 0 Å². The van der Waals surface area contributed by atoms with Gasteiger partial charge in [-0.15, -0.1) is 0 Å². The standard InChI is InChI=1S/C32H37FN2O4/c1-31(2)21-35(16-13-32(31,38)23-8-10-24(33)11-9-23)15-4-6-26-27-5-3-14-34-29(27)20-39-30-12-7-22(18-28(26)30)17-25(37)19-36/h3,5-12,14,18,25,36-38H,4,13,15-17,19-21H2,1-2H3/b26-6+/t25?,32-/m0/s1. The Kier molecular flexibility index (Phi) is 7.87. The summed E-state index contributed by atoms with van der Waals surface area (Å²) in [6.07, 6.45) is 4.91. The largest absolute Gasteiger partial charge is 0.487 e. The number of hydrogen-bond donors (Lipinski definition) is 3. The van der Waals surface area contributed by atoms with E-state index in [9.17, 15) is 19.7 Å². The van der Waals surface area contributed by atoms with Gasteiger partial charge in [-0.25, -0.2) is 4.39 Å². The van der Waals surface area contributed by atoms with Crippen LogP contribution in [0.15, 0.2) is 66.9 Å². The maximum Gasteiger partial charge on any atom is 0.131 e. The number of piperidine rings is 1. The van der Waals surface area contributed by atoms with Crippen LogP contribution in [-0.2, 0) is 18.6 Å². The summed E-state index contributed by atoms with van der Waals surface area (Å²) in [5.41, 5.74) is 4.15. The Hall–Kier alpha value is -3.10. The van der Waals surface area contributed by atoms with Crippen molar-refractivity contribution in [1.29, 1.82) is 0 Å². The Morgan fingerprint density at radius 2 is 1.92 bits per heavy atom. The Balaban J connectivity index is 1.37. The van der Waals surface area contributed by atoms with Crippen molar-refractivity contribution < 1.29 is 24.4 Å². The van der Waals surface area contributed by atoms with Crippen LogP contribution >= 0.6 is 0 Å². The summed E-state index contributed by atoms with van der Waals surface area (Å²) < 4.78 is 19.6. The van der Waals surface area contributed by atoms with Gasteiger partial charge in [-0.3, -0.25) is 4.98 Å². The molecule has 2 aliphatic heterocycles. The third kappa shape index (κ3) is 5.63. The number of nitrogens with zero attached hydrogens (tertiary/aromatic N) is 2. The molecule has 1 fully saturated rings. The van der Waals surface area contributed by atoms with E-state index in [-0.39, 0.29) is 12.4 Å². The van der Waals surface area contributed by atoms with Crippen molar-refractivity contribution in [1.82, 2.24) is 9.88 Å². The van der Waals surface area contributed by atoms with Crippen LogP contribution in [-0.4, -0.2) is 57.5 Å². The number of fused-ring (bicyclic) bond motifs is 2. The van der Waals surface area contributed by atoms with Crippen LogP contribution in [0.2, 0.25) is 0 Å². The number of ether oxygens (including phenoxy) is 1. The fourth-order valence-electron chi connectivity index (χ4n) is 5.96. The van der Waals surface area contributed by atoms with Crippen molar-refractivity contribution in [3.8, 4) is 5.75 Å². The van der Waals surface area contributed by atoms with Gasteiger partial charge in [0.15, 0.2) is 0 Å². The Bertz CT molecular complexity index is 1340. The average Bonchev–Trinajstić information content (AvgIpc) is 3.07. The third-order valence-electron chi connectivity index (χ3n) is 8.20. The van der Waals surface area contributed by atoms with Gasteiger partial charge in [-0.05, 0) is 59.9 Å². The Morgan fingerprint density at radius 1 is 1.13 bits per heavy atom.